The molecule has 136 valence electrons. The van der Waals surface area contributed by atoms with Crippen molar-refractivity contribution in [3.05, 3.63) is 71.5 Å². The first kappa shape index (κ1) is 18.3. The van der Waals surface area contributed by atoms with Gasteiger partial charge in [-0.05, 0) is 37.2 Å². The highest BCUT2D eigenvalue weighted by Crippen LogP contribution is 2.11. The van der Waals surface area contributed by atoms with Gasteiger partial charge in [0.1, 0.15) is 5.82 Å². The van der Waals surface area contributed by atoms with Gasteiger partial charge in [-0.3, -0.25) is 14.5 Å². The van der Waals surface area contributed by atoms with Gasteiger partial charge < -0.3 is 4.90 Å². The molecule has 3 rings (SSSR count). The number of amides is 1. The number of nitrogens with zero attached hydrogens (tertiary/aromatic N) is 2. The van der Waals surface area contributed by atoms with Crippen LogP contribution in [0.1, 0.15) is 33.6 Å². The summed E-state index contributed by atoms with van der Waals surface area (Å²) < 4.78 is 13.0. The van der Waals surface area contributed by atoms with Crippen molar-refractivity contribution in [3.63, 3.8) is 0 Å². The zero-order valence-electron chi connectivity index (χ0n) is 14.7. The minimum Gasteiger partial charge on any atom is -0.336 e. The fraction of sp³-hybridized carbons (Fsp3) is 0.333. The van der Waals surface area contributed by atoms with E-state index in [9.17, 15) is 14.0 Å². The first-order valence-electron chi connectivity index (χ1n) is 8.99. The summed E-state index contributed by atoms with van der Waals surface area (Å²) in [7, 11) is 0. The SMILES string of the molecule is O=C(CCCN1CCN(C(=O)c2ccc(F)cc2)CC1)c1ccccc1. The van der Waals surface area contributed by atoms with E-state index in [1.807, 2.05) is 30.3 Å². The summed E-state index contributed by atoms with van der Waals surface area (Å²) in [5.41, 5.74) is 1.29. The normalized spacial score (nSPS) is 15.0. The number of carbonyl (C=O) groups excluding carboxylic acids is 2. The van der Waals surface area contributed by atoms with Gasteiger partial charge in [0.2, 0.25) is 0 Å². The van der Waals surface area contributed by atoms with Crippen LogP contribution in [0.3, 0.4) is 0 Å². The van der Waals surface area contributed by atoms with Crippen molar-refractivity contribution in [1.82, 2.24) is 9.80 Å². The van der Waals surface area contributed by atoms with Crippen molar-refractivity contribution in [3.8, 4) is 0 Å². The lowest BCUT2D eigenvalue weighted by Crippen LogP contribution is -2.48. The maximum absolute atomic E-state index is 13.0. The number of hydrogen-bond donors (Lipinski definition) is 0. The van der Waals surface area contributed by atoms with E-state index in [-0.39, 0.29) is 17.5 Å². The topological polar surface area (TPSA) is 40.6 Å². The zero-order chi connectivity index (χ0) is 18.4. The first-order chi connectivity index (χ1) is 12.6. The fourth-order valence-electron chi connectivity index (χ4n) is 3.18. The van der Waals surface area contributed by atoms with E-state index in [1.54, 1.807) is 4.90 Å². The van der Waals surface area contributed by atoms with Crippen LogP contribution in [-0.4, -0.2) is 54.2 Å². The molecule has 0 atom stereocenters. The van der Waals surface area contributed by atoms with Gasteiger partial charge in [-0.2, -0.15) is 0 Å². The van der Waals surface area contributed by atoms with Crippen LogP contribution in [0.15, 0.2) is 54.6 Å². The van der Waals surface area contributed by atoms with E-state index >= 15 is 0 Å². The van der Waals surface area contributed by atoms with Gasteiger partial charge in [0, 0.05) is 43.7 Å². The van der Waals surface area contributed by atoms with Crippen molar-refractivity contribution in [2.24, 2.45) is 0 Å². The van der Waals surface area contributed by atoms with E-state index in [2.05, 4.69) is 4.90 Å². The second-order valence-electron chi connectivity index (χ2n) is 6.53. The molecule has 0 aliphatic carbocycles. The summed E-state index contributed by atoms with van der Waals surface area (Å²) in [5.74, 6) is -0.212. The molecule has 0 unspecified atom stereocenters. The molecule has 1 amide bonds. The molecule has 0 aromatic heterocycles. The molecule has 1 saturated heterocycles. The standard InChI is InChI=1S/C21H23FN2O2/c22-19-10-8-18(9-11-19)21(26)24-15-13-23(14-16-24)12-4-7-20(25)17-5-2-1-3-6-17/h1-3,5-6,8-11H,4,7,12-16H2. The molecular formula is C21H23FN2O2. The lowest BCUT2D eigenvalue weighted by molar-refractivity contribution is 0.0635. The molecule has 0 radical (unpaired) electrons. The highest BCUT2D eigenvalue weighted by Gasteiger charge is 2.22. The quantitative estimate of drug-likeness (QED) is 0.748. The predicted octanol–water partition coefficient (Wildman–Crippen LogP) is 3.25. The Hall–Kier alpha value is -2.53. The Labute approximate surface area is 153 Å². The molecule has 5 heteroatoms. The highest BCUT2D eigenvalue weighted by molar-refractivity contribution is 5.96. The van der Waals surface area contributed by atoms with Gasteiger partial charge in [0.05, 0.1) is 0 Å². The minimum atomic E-state index is -0.337. The van der Waals surface area contributed by atoms with Gasteiger partial charge in [0.15, 0.2) is 5.78 Å². The number of rotatable bonds is 6. The second-order valence-corrected chi connectivity index (χ2v) is 6.53. The summed E-state index contributed by atoms with van der Waals surface area (Å²) in [6, 6.07) is 15.0. The van der Waals surface area contributed by atoms with E-state index in [1.165, 1.54) is 24.3 Å². The van der Waals surface area contributed by atoms with E-state index in [0.29, 0.717) is 25.1 Å². The molecule has 0 saturated carbocycles. The van der Waals surface area contributed by atoms with Crippen LogP contribution in [0.25, 0.3) is 0 Å². The number of hydrogen-bond acceptors (Lipinski definition) is 3. The summed E-state index contributed by atoms with van der Waals surface area (Å²) in [5, 5.41) is 0. The summed E-state index contributed by atoms with van der Waals surface area (Å²) in [4.78, 5) is 28.6. The molecule has 4 nitrogen and oxygen atoms in total. The number of ketones is 1. The maximum atomic E-state index is 13.0. The van der Waals surface area contributed by atoms with Crippen LogP contribution in [0.2, 0.25) is 0 Å². The van der Waals surface area contributed by atoms with Crippen LogP contribution in [0.4, 0.5) is 4.39 Å². The Morgan fingerprint density at radius 2 is 1.50 bits per heavy atom. The number of piperazine rings is 1. The van der Waals surface area contributed by atoms with Gasteiger partial charge in [-0.15, -0.1) is 0 Å². The van der Waals surface area contributed by atoms with Crippen molar-refractivity contribution in [1.29, 1.82) is 0 Å². The van der Waals surface area contributed by atoms with Crippen LogP contribution in [-0.2, 0) is 0 Å². The van der Waals surface area contributed by atoms with Crippen molar-refractivity contribution < 1.29 is 14.0 Å². The summed E-state index contributed by atoms with van der Waals surface area (Å²) in [6.07, 6.45) is 1.36. The van der Waals surface area contributed by atoms with E-state index in [4.69, 9.17) is 0 Å². The van der Waals surface area contributed by atoms with Gasteiger partial charge in [-0.25, -0.2) is 4.39 Å². The average molecular weight is 354 g/mol. The average Bonchev–Trinajstić information content (AvgIpc) is 2.69. The smallest absolute Gasteiger partial charge is 0.253 e. The molecule has 26 heavy (non-hydrogen) atoms. The van der Waals surface area contributed by atoms with Gasteiger partial charge in [0.25, 0.3) is 5.91 Å². The van der Waals surface area contributed by atoms with Crippen molar-refractivity contribution in [2.75, 3.05) is 32.7 Å². The molecule has 2 aromatic carbocycles. The fourth-order valence-corrected chi connectivity index (χ4v) is 3.18. The lowest BCUT2D eigenvalue weighted by atomic mass is 10.1. The Bertz CT molecular complexity index is 738. The molecule has 2 aromatic rings. The second kappa shape index (κ2) is 8.72. The van der Waals surface area contributed by atoms with Crippen molar-refractivity contribution in [2.45, 2.75) is 12.8 Å². The van der Waals surface area contributed by atoms with E-state index in [0.717, 1.165) is 31.6 Å². The number of halogens is 1. The van der Waals surface area contributed by atoms with Gasteiger partial charge >= 0.3 is 0 Å². The number of Topliss-reactive ketones (excluding diaryl/α,β-unsaturated/α-hetero) is 1. The monoisotopic (exact) mass is 354 g/mol. The summed E-state index contributed by atoms with van der Waals surface area (Å²) in [6.45, 7) is 3.77. The molecule has 0 N–H and O–H groups in total. The van der Waals surface area contributed by atoms with E-state index < -0.39 is 0 Å². The molecule has 0 spiro atoms. The zero-order valence-corrected chi connectivity index (χ0v) is 14.7. The predicted molar refractivity (Wildman–Crippen MR) is 98.8 cm³/mol. The Balaban J connectivity index is 1.40. The largest absolute Gasteiger partial charge is 0.336 e. The van der Waals surface area contributed by atoms with Crippen LogP contribution < -0.4 is 0 Å². The summed E-state index contributed by atoms with van der Waals surface area (Å²) >= 11 is 0. The Morgan fingerprint density at radius 1 is 0.846 bits per heavy atom. The van der Waals surface area contributed by atoms with Crippen LogP contribution in [0, 0.1) is 5.82 Å². The number of carbonyl (C=O) groups is 2. The molecule has 1 aliphatic heterocycles. The Morgan fingerprint density at radius 3 is 2.15 bits per heavy atom. The minimum absolute atomic E-state index is 0.0519. The molecule has 1 heterocycles. The molecule has 1 aliphatic rings. The molecular weight excluding hydrogens is 331 g/mol. The Kier molecular flexibility index (Phi) is 6.12. The lowest BCUT2D eigenvalue weighted by Gasteiger charge is -2.34. The van der Waals surface area contributed by atoms with Crippen LogP contribution >= 0.6 is 0 Å². The maximum Gasteiger partial charge on any atom is 0.253 e. The van der Waals surface area contributed by atoms with Crippen molar-refractivity contribution >= 4 is 11.7 Å². The number of benzene rings is 2. The first-order valence-corrected chi connectivity index (χ1v) is 8.99. The third-order valence-electron chi connectivity index (χ3n) is 4.72. The highest BCUT2D eigenvalue weighted by atomic mass is 19.1. The molecule has 1 fully saturated rings. The third-order valence-corrected chi connectivity index (χ3v) is 4.72. The molecule has 0 bridgehead atoms. The van der Waals surface area contributed by atoms with Crippen LogP contribution in [0.5, 0.6) is 0 Å². The van der Waals surface area contributed by atoms with Gasteiger partial charge in [-0.1, -0.05) is 30.3 Å². The third kappa shape index (κ3) is 4.76.